The third-order valence-corrected chi connectivity index (χ3v) is 5.37. The molecule has 1 aromatic carbocycles. The van der Waals surface area contributed by atoms with E-state index in [1.54, 1.807) is 31.5 Å². The third-order valence-electron chi connectivity index (χ3n) is 5.01. The molecule has 2 N–H and O–H groups in total. The number of aliphatic imine (C=N–C) groups is 1. The van der Waals surface area contributed by atoms with Crippen molar-refractivity contribution in [2.24, 2.45) is 4.99 Å². The molecule has 0 aliphatic carbocycles. The highest BCUT2D eigenvalue weighted by Crippen LogP contribution is 2.21. The molecule has 3 heterocycles. The second-order valence-electron chi connectivity index (χ2n) is 6.95. The van der Waals surface area contributed by atoms with Gasteiger partial charge in [-0.15, -0.1) is 5.10 Å². The molecule has 1 fully saturated rings. The van der Waals surface area contributed by atoms with Crippen LogP contribution < -0.4 is 5.32 Å². The maximum absolute atomic E-state index is 14.0. The minimum absolute atomic E-state index is 0.261. The van der Waals surface area contributed by atoms with Crippen LogP contribution in [0.1, 0.15) is 11.4 Å². The smallest absolute Gasteiger partial charge is 0.216 e. The van der Waals surface area contributed by atoms with Crippen LogP contribution in [0.15, 0.2) is 46.0 Å². The number of benzene rings is 1. The van der Waals surface area contributed by atoms with E-state index >= 15 is 0 Å². The monoisotopic (exact) mass is 431 g/mol. The van der Waals surface area contributed by atoms with Crippen LogP contribution in [-0.4, -0.2) is 64.2 Å². The molecule has 0 unspecified atom stereocenters. The number of piperazine rings is 1. The number of nitrogens with one attached hydrogen (secondary N) is 2. The predicted molar refractivity (Wildman–Crippen MR) is 113 cm³/mol. The van der Waals surface area contributed by atoms with Crippen LogP contribution >= 0.6 is 11.6 Å². The van der Waals surface area contributed by atoms with Gasteiger partial charge in [-0.1, -0.05) is 17.7 Å². The van der Waals surface area contributed by atoms with Crippen LogP contribution in [0.2, 0.25) is 5.02 Å². The van der Waals surface area contributed by atoms with Gasteiger partial charge in [0.15, 0.2) is 11.7 Å². The number of hydrogen-bond donors (Lipinski definition) is 2. The van der Waals surface area contributed by atoms with Gasteiger partial charge < -0.3 is 14.6 Å². The summed E-state index contributed by atoms with van der Waals surface area (Å²) >= 11 is 6.16. The first-order chi connectivity index (χ1) is 14.6. The van der Waals surface area contributed by atoms with Gasteiger partial charge in [0.05, 0.1) is 12.8 Å². The van der Waals surface area contributed by atoms with Crippen molar-refractivity contribution in [2.45, 2.75) is 13.1 Å². The van der Waals surface area contributed by atoms with Gasteiger partial charge in [0.1, 0.15) is 11.6 Å². The van der Waals surface area contributed by atoms with Crippen molar-refractivity contribution in [3.05, 3.63) is 58.8 Å². The van der Waals surface area contributed by atoms with Crippen molar-refractivity contribution < 1.29 is 8.81 Å². The third kappa shape index (κ3) is 4.63. The fraction of sp³-hybridized carbons (Fsp3) is 0.350. The Hall–Kier alpha value is -2.91. The van der Waals surface area contributed by atoms with Gasteiger partial charge in [-0.2, -0.15) is 0 Å². The Morgan fingerprint density at radius 3 is 2.80 bits per heavy atom. The first-order valence-electron chi connectivity index (χ1n) is 9.70. The lowest BCUT2D eigenvalue weighted by molar-refractivity contribution is 0.171. The van der Waals surface area contributed by atoms with Crippen molar-refractivity contribution in [1.29, 1.82) is 0 Å². The number of H-pyrrole nitrogens is 1. The number of hydrogen-bond acceptors (Lipinski definition) is 5. The number of nitrogens with zero attached hydrogens (tertiary/aromatic N) is 5. The number of aromatic nitrogens is 3. The van der Waals surface area contributed by atoms with Crippen LogP contribution in [0.5, 0.6) is 0 Å². The van der Waals surface area contributed by atoms with Crippen molar-refractivity contribution in [2.75, 3.05) is 33.2 Å². The number of guanidine groups is 1. The molecule has 2 aromatic heterocycles. The van der Waals surface area contributed by atoms with E-state index in [0.29, 0.717) is 41.1 Å². The summed E-state index contributed by atoms with van der Waals surface area (Å²) in [5.41, 5.74) is 0.549. The first-order valence-corrected chi connectivity index (χ1v) is 10.1. The Kier molecular flexibility index (Phi) is 6.29. The Labute approximate surface area is 178 Å². The second-order valence-corrected chi connectivity index (χ2v) is 7.35. The quantitative estimate of drug-likeness (QED) is 0.477. The molecule has 8 nitrogen and oxygen atoms in total. The lowest BCUT2D eigenvalue weighted by Crippen LogP contribution is -2.52. The minimum atomic E-state index is -0.261. The van der Waals surface area contributed by atoms with E-state index < -0.39 is 0 Å². The molecule has 10 heteroatoms. The van der Waals surface area contributed by atoms with Gasteiger partial charge >= 0.3 is 0 Å². The normalized spacial score (nSPS) is 15.6. The molecule has 3 aromatic rings. The molecule has 0 saturated carbocycles. The predicted octanol–water partition coefficient (Wildman–Crippen LogP) is 2.75. The summed E-state index contributed by atoms with van der Waals surface area (Å²) in [5, 5.41) is 10.9. The Bertz CT molecular complexity index is 976. The van der Waals surface area contributed by atoms with Crippen LogP contribution in [0.3, 0.4) is 0 Å². The zero-order valence-corrected chi connectivity index (χ0v) is 17.4. The molecule has 158 valence electrons. The summed E-state index contributed by atoms with van der Waals surface area (Å²) in [6.07, 6.45) is 1.59. The lowest BCUT2D eigenvalue weighted by Gasteiger charge is -2.36. The van der Waals surface area contributed by atoms with E-state index in [0.717, 1.165) is 32.1 Å². The molecule has 0 atom stereocenters. The van der Waals surface area contributed by atoms with Gasteiger partial charge in [-0.3, -0.25) is 15.0 Å². The maximum Gasteiger partial charge on any atom is 0.216 e. The number of furan rings is 1. The van der Waals surface area contributed by atoms with E-state index in [-0.39, 0.29) is 5.82 Å². The van der Waals surface area contributed by atoms with E-state index in [2.05, 4.69) is 35.3 Å². The molecule has 4 rings (SSSR count). The van der Waals surface area contributed by atoms with E-state index in [1.165, 1.54) is 6.07 Å². The number of rotatable bonds is 5. The van der Waals surface area contributed by atoms with E-state index in [9.17, 15) is 4.39 Å². The Morgan fingerprint density at radius 2 is 2.10 bits per heavy atom. The zero-order valence-electron chi connectivity index (χ0n) is 16.6. The zero-order chi connectivity index (χ0) is 20.9. The summed E-state index contributed by atoms with van der Waals surface area (Å²) in [6.45, 7) is 4.09. The Morgan fingerprint density at radius 1 is 1.27 bits per heavy atom. The van der Waals surface area contributed by atoms with Gasteiger partial charge in [-0.25, -0.2) is 9.37 Å². The van der Waals surface area contributed by atoms with Gasteiger partial charge in [0, 0.05) is 50.4 Å². The van der Waals surface area contributed by atoms with Gasteiger partial charge in [0.2, 0.25) is 5.82 Å². The number of halogens is 2. The highest BCUT2D eigenvalue weighted by molar-refractivity contribution is 6.31. The fourth-order valence-electron chi connectivity index (χ4n) is 3.41. The SMILES string of the molecule is CN=C(NCc1nc(-c2ccco2)n[nH]1)N1CCN(Cc2c(F)cccc2Cl)CC1. The molecule has 0 spiro atoms. The van der Waals surface area contributed by atoms with Crippen molar-refractivity contribution >= 4 is 17.6 Å². The maximum atomic E-state index is 14.0. The highest BCUT2D eigenvalue weighted by Gasteiger charge is 2.21. The molecule has 1 aliphatic rings. The average Bonchev–Trinajstić information content (AvgIpc) is 3.44. The van der Waals surface area contributed by atoms with Crippen LogP contribution in [-0.2, 0) is 13.1 Å². The van der Waals surface area contributed by atoms with Crippen molar-refractivity contribution in [3.8, 4) is 11.6 Å². The summed E-state index contributed by atoms with van der Waals surface area (Å²) in [7, 11) is 1.75. The molecular formula is C20H23ClFN7O. The fourth-order valence-corrected chi connectivity index (χ4v) is 3.63. The van der Waals surface area contributed by atoms with Crippen LogP contribution in [0.4, 0.5) is 4.39 Å². The van der Waals surface area contributed by atoms with E-state index in [4.69, 9.17) is 16.0 Å². The summed E-state index contributed by atoms with van der Waals surface area (Å²) in [4.78, 5) is 13.2. The molecule has 1 saturated heterocycles. The van der Waals surface area contributed by atoms with Crippen LogP contribution in [0, 0.1) is 5.82 Å². The molecule has 30 heavy (non-hydrogen) atoms. The summed E-state index contributed by atoms with van der Waals surface area (Å²) in [6, 6.07) is 8.41. The van der Waals surface area contributed by atoms with E-state index in [1.807, 2.05) is 6.07 Å². The van der Waals surface area contributed by atoms with Gasteiger partial charge in [-0.05, 0) is 24.3 Å². The standard InChI is InChI=1S/C20H23ClFN7O/c1-23-20(24-12-18-25-19(27-26-18)17-6-3-11-30-17)29-9-7-28(8-10-29)13-14-15(21)4-2-5-16(14)22/h2-6,11H,7-10,12-13H2,1H3,(H,23,24)(H,25,26,27). The molecule has 1 aliphatic heterocycles. The first kappa shape index (κ1) is 20.4. The summed E-state index contributed by atoms with van der Waals surface area (Å²) in [5.74, 6) is 2.36. The second kappa shape index (κ2) is 9.27. The molecule has 0 amide bonds. The van der Waals surface area contributed by atoms with Gasteiger partial charge in [0.25, 0.3) is 0 Å². The minimum Gasteiger partial charge on any atom is -0.461 e. The van der Waals surface area contributed by atoms with Crippen molar-refractivity contribution in [1.82, 2.24) is 30.3 Å². The summed E-state index contributed by atoms with van der Waals surface area (Å²) < 4.78 is 19.4. The molecular weight excluding hydrogens is 409 g/mol. The van der Waals surface area contributed by atoms with Crippen molar-refractivity contribution in [3.63, 3.8) is 0 Å². The largest absolute Gasteiger partial charge is 0.461 e. The molecule has 0 radical (unpaired) electrons. The molecule has 0 bridgehead atoms. The average molecular weight is 432 g/mol. The topological polar surface area (TPSA) is 85.6 Å². The number of aromatic amines is 1. The Balaban J connectivity index is 1.29. The van der Waals surface area contributed by atoms with Crippen LogP contribution in [0.25, 0.3) is 11.6 Å². The highest BCUT2D eigenvalue weighted by atomic mass is 35.5. The lowest BCUT2D eigenvalue weighted by atomic mass is 10.2.